The van der Waals surface area contributed by atoms with Crippen LogP contribution in [0.3, 0.4) is 0 Å². The second-order valence-electron chi connectivity index (χ2n) is 3.41. The van der Waals surface area contributed by atoms with Gasteiger partial charge < -0.3 is 26.2 Å². The molecule has 0 bridgehead atoms. The highest BCUT2D eigenvalue weighted by molar-refractivity contribution is 5.89. The molecule has 0 spiro atoms. The molecular formula is C9H15N3O6. The summed E-state index contributed by atoms with van der Waals surface area (Å²) >= 11 is 0. The Morgan fingerprint density at radius 2 is 1.83 bits per heavy atom. The lowest BCUT2D eigenvalue weighted by molar-refractivity contribution is -0.147. The van der Waals surface area contributed by atoms with Crippen molar-refractivity contribution < 1.29 is 29.0 Å². The minimum atomic E-state index is -1.45. The lowest BCUT2D eigenvalue weighted by Gasteiger charge is -2.16. The quantitative estimate of drug-likeness (QED) is 0.413. The summed E-state index contributed by atoms with van der Waals surface area (Å²) in [6.45, 7) is 1.33. The van der Waals surface area contributed by atoms with Gasteiger partial charge in [0.15, 0.2) is 0 Å². The van der Waals surface area contributed by atoms with Gasteiger partial charge in [-0.3, -0.25) is 9.59 Å². The number of nitrogens with one attached hydrogen (secondary N) is 2. The smallest absolute Gasteiger partial charge is 0.326 e. The van der Waals surface area contributed by atoms with Crippen LogP contribution in [0.2, 0.25) is 0 Å². The predicted octanol–water partition coefficient (Wildman–Crippen LogP) is -1.82. The van der Waals surface area contributed by atoms with Crippen molar-refractivity contribution in [3.05, 3.63) is 0 Å². The zero-order valence-corrected chi connectivity index (χ0v) is 9.93. The van der Waals surface area contributed by atoms with Gasteiger partial charge in [0.05, 0.1) is 13.5 Å². The maximum atomic E-state index is 11.3. The molecule has 0 aliphatic rings. The number of urea groups is 1. The highest BCUT2D eigenvalue weighted by atomic mass is 16.5. The molecule has 102 valence electrons. The molecule has 1 unspecified atom stereocenters. The van der Waals surface area contributed by atoms with Crippen LogP contribution in [0.1, 0.15) is 13.3 Å². The van der Waals surface area contributed by atoms with Crippen molar-refractivity contribution in [1.82, 2.24) is 10.6 Å². The summed E-state index contributed by atoms with van der Waals surface area (Å²) in [5.41, 5.74) is 4.91. The van der Waals surface area contributed by atoms with E-state index in [1.54, 1.807) is 0 Å². The van der Waals surface area contributed by atoms with Gasteiger partial charge in [0.2, 0.25) is 5.91 Å². The Balaban J connectivity index is 4.41. The molecule has 0 aromatic carbocycles. The molecule has 9 heteroatoms. The van der Waals surface area contributed by atoms with Crippen LogP contribution in [-0.4, -0.2) is 48.2 Å². The molecule has 3 amide bonds. The number of methoxy groups -OCH3 is 1. The number of ether oxygens (including phenoxy) is 1. The van der Waals surface area contributed by atoms with Crippen LogP contribution < -0.4 is 16.4 Å². The molecule has 0 fully saturated rings. The van der Waals surface area contributed by atoms with Gasteiger partial charge in [-0.05, 0) is 6.92 Å². The van der Waals surface area contributed by atoms with Crippen LogP contribution in [0.15, 0.2) is 0 Å². The van der Waals surface area contributed by atoms with Gasteiger partial charge in [0.25, 0.3) is 0 Å². The molecule has 0 saturated carbocycles. The number of amides is 3. The van der Waals surface area contributed by atoms with Crippen LogP contribution in [-0.2, 0) is 19.1 Å². The Kier molecular flexibility index (Phi) is 6.18. The van der Waals surface area contributed by atoms with E-state index in [1.165, 1.54) is 6.92 Å². The van der Waals surface area contributed by atoms with E-state index in [4.69, 9.17) is 10.8 Å². The highest BCUT2D eigenvalue weighted by Crippen LogP contribution is 1.95. The fraction of sp³-hybridized carbons (Fsp3) is 0.556. The number of carbonyl (C=O) groups is 4. The molecule has 0 aliphatic heterocycles. The van der Waals surface area contributed by atoms with E-state index in [-0.39, 0.29) is 0 Å². The van der Waals surface area contributed by atoms with Gasteiger partial charge in [0, 0.05) is 0 Å². The second kappa shape index (κ2) is 7.09. The number of hydrogen-bond acceptors (Lipinski definition) is 5. The first-order valence-electron chi connectivity index (χ1n) is 4.94. The minimum Gasteiger partial charge on any atom is -0.480 e. The summed E-state index contributed by atoms with van der Waals surface area (Å²) < 4.78 is 4.28. The highest BCUT2D eigenvalue weighted by Gasteiger charge is 2.24. The number of aliphatic carboxylic acids is 1. The molecule has 0 aliphatic carbocycles. The van der Waals surface area contributed by atoms with Crippen LogP contribution in [0.25, 0.3) is 0 Å². The predicted molar refractivity (Wildman–Crippen MR) is 58.4 cm³/mol. The van der Waals surface area contributed by atoms with Gasteiger partial charge in [0.1, 0.15) is 12.1 Å². The first-order chi connectivity index (χ1) is 8.27. The van der Waals surface area contributed by atoms with Crippen molar-refractivity contribution in [2.75, 3.05) is 7.11 Å². The molecule has 2 atom stereocenters. The summed E-state index contributed by atoms with van der Waals surface area (Å²) in [4.78, 5) is 43.6. The van der Waals surface area contributed by atoms with Crippen molar-refractivity contribution >= 4 is 23.9 Å². The number of rotatable bonds is 6. The van der Waals surface area contributed by atoms with Crippen molar-refractivity contribution in [2.45, 2.75) is 25.4 Å². The third-order valence-electron chi connectivity index (χ3n) is 1.98. The van der Waals surface area contributed by atoms with E-state index < -0.39 is 42.4 Å². The lowest BCUT2D eigenvalue weighted by atomic mass is 10.2. The summed E-state index contributed by atoms with van der Waals surface area (Å²) in [6.07, 6.45) is -0.524. The molecule has 0 saturated heterocycles. The maximum absolute atomic E-state index is 11.3. The standard InChI is InChI=1S/C9H15N3O6/c1-4(7(10)14)11-9(17)12-5(8(15)16)3-6(13)18-2/h4-5H,3H2,1-2H3,(H2,10,14)(H,15,16)(H2,11,12,17)/t4?,5-/m0/s1. The Morgan fingerprint density at radius 1 is 1.28 bits per heavy atom. The molecule has 0 radical (unpaired) electrons. The average Bonchev–Trinajstić information content (AvgIpc) is 2.27. The average molecular weight is 261 g/mol. The van der Waals surface area contributed by atoms with Crippen LogP contribution in [0.4, 0.5) is 4.79 Å². The number of carboxylic acids is 1. The van der Waals surface area contributed by atoms with Gasteiger partial charge >= 0.3 is 18.0 Å². The summed E-state index contributed by atoms with van der Waals surface area (Å²) in [5.74, 6) is -2.96. The van der Waals surface area contributed by atoms with Gasteiger partial charge in [-0.2, -0.15) is 0 Å². The van der Waals surface area contributed by atoms with Crippen molar-refractivity contribution in [2.24, 2.45) is 5.73 Å². The zero-order valence-electron chi connectivity index (χ0n) is 9.93. The van der Waals surface area contributed by atoms with E-state index in [9.17, 15) is 19.2 Å². The number of esters is 1. The van der Waals surface area contributed by atoms with Crippen molar-refractivity contribution in [1.29, 1.82) is 0 Å². The van der Waals surface area contributed by atoms with Gasteiger partial charge in [-0.25, -0.2) is 9.59 Å². The number of carboxylic acid groups (broad SMARTS) is 1. The van der Waals surface area contributed by atoms with Crippen LogP contribution in [0.5, 0.6) is 0 Å². The molecule has 0 aromatic heterocycles. The normalized spacial score (nSPS) is 13.0. The third kappa shape index (κ3) is 5.68. The Hall–Kier alpha value is -2.32. The summed E-state index contributed by atoms with van der Waals surface area (Å²) in [5, 5.41) is 12.9. The molecule has 0 rings (SSSR count). The first-order valence-corrected chi connectivity index (χ1v) is 4.94. The maximum Gasteiger partial charge on any atom is 0.326 e. The lowest BCUT2D eigenvalue weighted by Crippen LogP contribution is -2.52. The molecule has 18 heavy (non-hydrogen) atoms. The third-order valence-corrected chi connectivity index (χ3v) is 1.98. The molecule has 9 nitrogen and oxygen atoms in total. The SMILES string of the molecule is COC(=O)C[C@H](NC(=O)NC(C)C(N)=O)C(=O)O. The number of hydrogen-bond donors (Lipinski definition) is 4. The van der Waals surface area contributed by atoms with Gasteiger partial charge in [-0.15, -0.1) is 0 Å². The fourth-order valence-corrected chi connectivity index (χ4v) is 0.918. The first kappa shape index (κ1) is 15.7. The Morgan fingerprint density at radius 3 is 2.22 bits per heavy atom. The van der Waals surface area contributed by atoms with Gasteiger partial charge in [-0.1, -0.05) is 0 Å². The summed E-state index contributed by atoms with van der Waals surface area (Å²) in [6, 6.07) is -3.33. The second-order valence-corrected chi connectivity index (χ2v) is 3.41. The Bertz CT molecular complexity index is 356. The van der Waals surface area contributed by atoms with E-state index in [1.807, 2.05) is 5.32 Å². The number of primary amides is 1. The van der Waals surface area contributed by atoms with E-state index >= 15 is 0 Å². The van der Waals surface area contributed by atoms with Crippen LogP contribution >= 0.6 is 0 Å². The topological polar surface area (TPSA) is 148 Å². The largest absolute Gasteiger partial charge is 0.480 e. The minimum absolute atomic E-state index is 0.524. The molecule has 0 aromatic rings. The van der Waals surface area contributed by atoms with E-state index in [0.29, 0.717) is 0 Å². The monoisotopic (exact) mass is 261 g/mol. The molecule has 0 heterocycles. The number of nitrogens with two attached hydrogens (primary N) is 1. The van der Waals surface area contributed by atoms with Crippen molar-refractivity contribution in [3.63, 3.8) is 0 Å². The number of carbonyl (C=O) groups excluding carboxylic acids is 3. The van der Waals surface area contributed by atoms with Crippen LogP contribution in [0, 0.1) is 0 Å². The van der Waals surface area contributed by atoms with Crippen molar-refractivity contribution in [3.8, 4) is 0 Å². The van der Waals surface area contributed by atoms with E-state index in [2.05, 4.69) is 10.1 Å². The molecule has 5 N–H and O–H groups in total. The Labute approximate surface area is 103 Å². The fourth-order valence-electron chi connectivity index (χ4n) is 0.918. The summed E-state index contributed by atoms with van der Waals surface area (Å²) in [7, 11) is 1.09. The zero-order chi connectivity index (χ0) is 14.3. The molecular weight excluding hydrogens is 246 g/mol. The van der Waals surface area contributed by atoms with E-state index in [0.717, 1.165) is 7.11 Å².